The maximum Gasteiger partial charge on any atom is 0.400 e. The van der Waals surface area contributed by atoms with Crippen LogP contribution in [0.5, 0.6) is 5.75 Å². The number of fused-ring (bicyclic) bond motifs is 1. The fourth-order valence-electron chi connectivity index (χ4n) is 4.50. The van der Waals surface area contributed by atoms with Crippen molar-refractivity contribution in [1.82, 2.24) is 0 Å². The molecule has 0 N–H and O–H groups in total. The molecule has 0 aliphatic heterocycles. The zero-order chi connectivity index (χ0) is 21.6. The van der Waals surface area contributed by atoms with Crippen molar-refractivity contribution in [2.45, 2.75) is 77.2 Å². The summed E-state index contributed by atoms with van der Waals surface area (Å²) in [6.45, 7) is 5.88. The summed E-state index contributed by atoms with van der Waals surface area (Å²) in [5, 5.41) is 1.39. The van der Waals surface area contributed by atoms with Crippen LogP contribution < -0.4 is 4.74 Å². The van der Waals surface area contributed by atoms with Crippen molar-refractivity contribution in [3.8, 4) is 5.75 Å². The van der Waals surface area contributed by atoms with Crippen LogP contribution >= 0.6 is 0 Å². The number of ether oxygens (including phenoxy) is 1. The third-order valence-electron chi connectivity index (χ3n) is 6.38. The molecule has 0 unspecified atom stereocenters. The number of alkyl halides is 2. The molecule has 0 saturated heterocycles. The molecule has 0 bridgehead atoms. The normalized spacial score (nSPS) is 19.7. The van der Waals surface area contributed by atoms with E-state index < -0.39 is 17.8 Å². The van der Waals surface area contributed by atoms with Crippen LogP contribution in [0.1, 0.15) is 70.3 Å². The van der Waals surface area contributed by atoms with E-state index in [1.165, 1.54) is 31.4 Å². The second kappa shape index (κ2) is 10.4. The monoisotopic (exact) mass is 418 g/mol. The highest BCUT2D eigenvalue weighted by molar-refractivity contribution is 5.84. The molecule has 164 valence electrons. The lowest BCUT2D eigenvalue weighted by molar-refractivity contribution is -0.224. The Morgan fingerprint density at radius 2 is 1.83 bits per heavy atom. The van der Waals surface area contributed by atoms with E-state index in [2.05, 4.69) is 13.5 Å². The third-order valence-corrected chi connectivity index (χ3v) is 6.38. The van der Waals surface area contributed by atoms with Crippen LogP contribution in [0, 0.1) is 17.7 Å². The van der Waals surface area contributed by atoms with Gasteiger partial charge in [0.25, 0.3) is 0 Å². The van der Waals surface area contributed by atoms with Gasteiger partial charge in [0.2, 0.25) is 0 Å². The van der Waals surface area contributed by atoms with Gasteiger partial charge in [-0.05, 0) is 72.9 Å². The Balaban J connectivity index is 1.65. The highest BCUT2D eigenvalue weighted by atomic mass is 19.3. The van der Waals surface area contributed by atoms with Crippen molar-refractivity contribution in [3.63, 3.8) is 0 Å². The van der Waals surface area contributed by atoms with E-state index in [0.717, 1.165) is 37.7 Å². The summed E-state index contributed by atoms with van der Waals surface area (Å²) in [7, 11) is 0. The number of unbranched alkanes of at least 4 members (excludes halogenated alkanes) is 2. The van der Waals surface area contributed by atoms with Crippen LogP contribution in [0.25, 0.3) is 10.8 Å². The molecule has 0 spiro atoms. The summed E-state index contributed by atoms with van der Waals surface area (Å²) in [4.78, 5) is 0. The smallest absolute Gasteiger partial charge is 0.400 e. The fraction of sp³-hybridized carbons (Fsp3) is 0.538. The lowest BCUT2D eigenvalue weighted by Gasteiger charge is -2.33. The molecule has 0 amide bonds. The van der Waals surface area contributed by atoms with E-state index in [0.29, 0.717) is 29.5 Å². The van der Waals surface area contributed by atoms with E-state index >= 15 is 0 Å². The Hall–Kier alpha value is -1.97. The third kappa shape index (κ3) is 5.80. The molecule has 2 aromatic rings. The van der Waals surface area contributed by atoms with Crippen LogP contribution in [-0.4, -0.2) is 6.11 Å². The topological polar surface area (TPSA) is 9.23 Å². The van der Waals surface area contributed by atoms with Crippen molar-refractivity contribution < 1.29 is 17.9 Å². The van der Waals surface area contributed by atoms with Gasteiger partial charge in [0.15, 0.2) is 11.6 Å². The highest BCUT2D eigenvalue weighted by Gasteiger charge is 2.44. The first-order valence-corrected chi connectivity index (χ1v) is 11.3. The fourth-order valence-corrected chi connectivity index (χ4v) is 4.50. The lowest BCUT2D eigenvalue weighted by atomic mass is 9.79. The van der Waals surface area contributed by atoms with Crippen LogP contribution in [-0.2, 0) is 6.42 Å². The first-order valence-electron chi connectivity index (χ1n) is 11.3. The average molecular weight is 419 g/mol. The zero-order valence-electron chi connectivity index (χ0n) is 17.9. The van der Waals surface area contributed by atoms with E-state index in [1.807, 2.05) is 24.3 Å². The molecule has 0 aromatic heterocycles. The first kappa shape index (κ1) is 22.7. The van der Waals surface area contributed by atoms with Crippen LogP contribution in [0.2, 0.25) is 0 Å². The van der Waals surface area contributed by atoms with Gasteiger partial charge in [-0.3, -0.25) is 0 Å². The molecule has 1 nitrogen and oxygen atoms in total. The molecule has 0 radical (unpaired) electrons. The molecular formula is C26H33F3O. The van der Waals surface area contributed by atoms with Gasteiger partial charge < -0.3 is 4.74 Å². The van der Waals surface area contributed by atoms with Gasteiger partial charge in [-0.1, -0.05) is 56.9 Å². The predicted octanol–water partition coefficient (Wildman–Crippen LogP) is 8.46. The Bertz CT molecular complexity index is 838. The first-order chi connectivity index (χ1) is 14.4. The Kier molecular flexibility index (Phi) is 7.85. The van der Waals surface area contributed by atoms with Crippen molar-refractivity contribution >= 4 is 10.8 Å². The quantitative estimate of drug-likeness (QED) is 0.278. The summed E-state index contributed by atoms with van der Waals surface area (Å²) in [6.07, 6.45) is 7.30. The second-order valence-electron chi connectivity index (χ2n) is 8.67. The summed E-state index contributed by atoms with van der Waals surface area (Å²) < 4.78 is 49.2. The molecule has 4 heteroatoms. The molecule has 3 rings (SSSR count). The van der Waals surface area contributed by atoms with Crippen molar-refractivity contribution in [2.24, 2.45) is 11.8 Å². The number of benzene rings is 2. The molecule has 1 aliphatic carbocycles. The van der Waals surface area contributed by atoms with Crippen molar-refractivity contribution in [2.75, 3.05) is 0 Å². The summed E-state index contributed by atoms with van der Waals surface area (Å²) in [5.41, 5.74) is 1.07. The second-order valence-corrected chi connectivity index (χ2v) is 8.67. The summed E-state index contributed by atoms with van der Waals surface area (Å²) in [6, 6.07) is 8.35. The van der Waals surface area contributed by atoms with Gasteiger partial charge in [0.05, 0.1) is 5.92 Å². The van der Waals surface area contributed by atoms with Gasteiger partial charge in [-0.15, -0.1) is 6.58 Å². The minimum atomic E-state index is -3.35. The van der Waals surface area contributed by atoms with Gasteiger partial charge in [-0.25, -0.2) is 4.39 Å². The summed E-state index contributed by atoms with van der Waals surface area (Å²) >= 11 is 0. The lowest BCUT2D eigenvalue weighted by Crippen LogP contribution is -2.37. The number of hydrogen-bond donors (Lipinski definition) is 0. The SMILES string of the molecule is C=CCCc1ccc2cc(OC(F)(F)C3CCC(CCCCC)CC3)c(F)cc2c1. The Labute approximate surface area is 178 Å². The maximum atomic E-state index is 14.8. The van der Waals surface area contributed by atoms with E-state index in [4.69, 9.17) is 4.74 Å². The van der Waals surface area contributed by atoms with Gasteiger partial charge in [0, 0.05) is 0 Å². The Morgan fingerprint density at radius 3 is 2.53 bits per heavy atom. The Morgan fingerprint density at radius 1 is 1.07 bits per heavy atom. The van der Waals surface area contributed by atoms with Crippen LogP contribution in [0.15, 0.2) is 43.0 Å². The molecule has 1 saturated carbocycles. The van der Waals surface area contributed by atoms with Gasteiger partial charge in [0.1, 0.15) is 0 Å². The molecule has 30 heavy (non-hydrogen) atoms. The maximum absolute atomic E-state index is 14.8. The standard InChI is InChI=1S/C26H33F3O/c1-3-5-7-9-19-11-14-23(15-12-19)26(28,29)30-25-18-21-13-10-20(8-6-4-2)16-22(21)17-24(25)27/h4,10,13,16-19,23H,2-3,5-9,11-12,14-15H2,1H3. The largest absolute Gasteiger partial charge is 0.429 e. The minimum Gasteiger partial charge on any atom is -0.429 e. The number of hydrogen-bond acceptors (Lipinski definition) is 1. The molecule has 2 aromatic carbocycles. The van der Waals surface area contributed by atoms with Crippen molar-refractivity contribution in [1.29, 1.82) is 0 Å². The zero-order valence-corrected chi connectivity index (χ0v) is 17.9. The van der Waals surface area contributed by atoms with E-state index in [1.54, 1.807) is 0 Å². The van der Waals surface area contributed by atoms with Gasteiger partial charge in [-0.2, -0.15) is 8.78 Å². The number of allylic oxidation sites excluding steroid dienone is 1. The van der Waals surface area contributed by atoms with E-state index in [-0.39, 0.29) is 5.75 Å². The van der Waals surface area contributed by atoms with Gasteiger partial charge >= 0.3 is 6.11 Å². The number of halogens is 3. The molecule has 0 atom stereocenters. The average Bonchev–Trinajstić information content (AvgIpc) is 2.73. The molecule has 0 heterocycles. The minimum absolute atomic E-state index is 0.364. The molecule has 1 fully saturated rings. The number of rotatable bonds is 10. The van der Waals surface area contributed by atoms with Crippen LogP contribution in [0.4, 0.5) is 13.2 Å². The predicted molar refractivity (Wildman–Crippen MR) is 118 cm³/mol. The molecule has 1 aliphatic rings. The number of aryl methyl sites for hydroxylation is 1. The van der Waals surface area contributed by atoms with Crippen LogP contribution in [0.3, 0.4) is 0 Å². The molecular weight excluding hydrogens is 385 g/mol. The highest BCUT2D eigenvalue weighted by Crippen LogP contribution is 2.42. The van der Waals surface area contributed by atoms with E-state index in [9.17, 15) is 13.2 Å². The summed E-state index contributed by atoms with van der Waals surface area (Å²) in [5.74, 6) is -1.42. The van der Waals surface area contributed by atoms with Crippen molar-refractivity contribution in [3.05, 3.63) is 54.4 Å².